The van der Waals surface area contributed by atoms with Crippen LogP contribution in [0.2, 0.25) is 0 Å². The quantitative estimate of drug-likeness (QED) is 0.163. The number of hydrogen-bond acceptors (Lipinski definition) is 8. The van der Waals surface area contributed by atoms with Gasteiger partial charge in [-0.1, -0.05) is 18.6 Å². The van der Waals surface area contributed by atoms with Gasteiger partial charge in [0.25, 0.3) is 5.91 Å². The third-order valence-corrected chi connectivity index (χ3v) is 9.06. The van der Waals surface area contributed by atoms with E-state index in [9.17, 15) is 24.6 Å². The lowest BCUT2D eigenvalue weighted by molar-refractivity contribution is -0.130. The molecule has 3 aliphatic rings. The van der Waals surface area contributed by atoms with Gasteiger partial charge in [0.05, 0.1) is 6.10 Å². The lowest BCUT2D eigenvalue weighted by Gasteiger charge is -2.24. The number of aromatic hydroxyl groups is 1. The molecule has 0 radical (unpaired) electrons. The number of benzene rings is 2. The summed E-state index contributed by atoms with van der Waals surface area (Å²) in [6.07, 6.45) is 5.62. The first-order valence-electron chi connectivity index (χ1n) is 15.8. The molecule has 0 spiro atoms. The number of phenols is 1. The molecule has 5 N–H and O–H groups in total. The van der Waals surface area contributed by atoms with Gasteiger partial charge in [0.2, 0.25) is 11.8 Å². The highest BCUT2D eigenvalue weighted by Crippen LogP contribution is 2.41. The zero-order valence-electron chi connectivity index (χ0n) is 25.5. The standard InChI is InChI=1S/C33H45N5O6/c1-37(31(43)14-16-38-19-23-5-4-6-24(23)20-38)15-3-2-7-29(41)35-25-10-8-22(9-11-25)17-34-18-28(40)26-12-13-27(39)32-33(26)44-21-30(42)36-32/h8-13,23-24,28,34,39-40H,2-7,14-21H2,1H3,(H,35,41)(H,36,42). The number of phenolic OH excluding ortho intramolecular Hbond substituents is 1. The maximum Gasteiger partial charge on any atom is 0.262 e. The first-order chi connectivity index (χ1) is 21.3. The Morgan fingerprint density at radius 1 is 1.09 bits per heavy atom. The molecule has 44 heavy (non-hydrogen) atoms. The minimum atomic E-state index is -0.912. The summed E-state index contributed by atoms with van der Waals surface area (Å²) >= 11 is 0. The van der Waals surface area contributed by atoms with Gasteiger partial charge in [-0.2, -0.15) is 0 Å². The number of carbonyl (C=O) groups excluding carboxylic acids is 3. The maximum atomic E-state index is 12.6. The van der Waals surface area contributed by atoms with Crippen molar-refractivity contribution in [2.75, 3.05) is 57.0 Å². The number of nitrogens with zero attached hydrogens (tertiary/aromatic N) is 2. The Morgan fingerprint density at radius 3 is 2.59 bits per heavy atom. The Hall–Kier alpha value is -3.67. The van der Waals surface area contributed by atoms with Crippen LogP contribution in [0.3, 0.4) is 0 Å². The number of nitrogens with one attached hydrogen (secondary N) is 3. The number of anilines is 2. The fourth-order valence-corrected chi connectivity index (χ4v) is 6.55. The molecule has 2 heterocycles. The van der Waals surface area contributed by atoms with E-state index in [0.717, 1.165) is 43.5 Å². The molecule has 1 aliphatic carbocycles. The minimum Gasteiger partial charge on any atom is -0.506 e. The Labute approximate surface area is 258 Å². The highest BCUT2D eigenvalue weighted by atomic mass is 16.5. The van der Waals surface area contributed by atoms with E-state index in [4.69, 9.17) is 4.74 Å². The van der Waals surface area contributed by atoms with Crippen molar-refractivity contribution in [2.45, 2.75) is 57.6 Å². The molecule has 0 aromatic heterocycles. The number of amides is 3. The summed E-state index contributed by atoms with van der Waals surface area (Å²) in [7, 11) is 1.85. The molecule has 2 aromatic rings. The average Bonchev–Trinajstić information content (AvgIpc) is 3.62. The molecular formula is C33H45N5O6. The average molecular weight is 608 g/mol. The molecule has 11 nitrogen and oxygen atoms in total. The van der Waals surface area contributed by atoms with Crippen molar-refractivity contribution in [2.24, 2.45) is 11.8 Å². The topological polar surface area (TPSA) is 143 Å². The molecule has 2 aromatic carbocycles. The number of ether oxygens (including phenoxy) is 1. The molecule has 238 valence electrons. The van der Waals surface area contributed by atoms with E-state index in [1.165, 1.54) is 25.3 Å². The van der Waals surface area contributed by atoms with Crippen LogP contribution in [0, 0.1) is 11.8 Å². The number of unbranched alkanes of at least 4 members (excludes halogenated alkanes) is 1. The Bertz CT molecular complexity index is 1310. The molecule has 1 saturated heterocycles. The van der Waals surface area contributed by atoms with Crippen LogP contribution in [-0.4, -0.2) is 84.1 Å². The van der Waals surface area contributed by atoms with Crippen molar-refractivity contribution in [3.8, 4) is 11.5 Å². The molecule has 3 amide bonds. The molecular weight excluding hydrogens is 562 g/mol. The smallest absolute Gasteiger partial charge is 0.262 e. The third kappa shape index (κ3) is 8.28. The fourth-order valence-electron chi connectivity index (χ4n) is 6.55. The lowest BCUT2D eigenvalue weighted by atomic mass is 10.0. The van der Waals surface area contributed by atoms with E-state index >= 15 is 0 Å². The minimum absolute atomic E-state index is 0.0526. The fraction of sp³-hybridized carbons (Fsp3) is 0.545. The van der Waals surface area contributed by atoms with Crippen LogP contribution in [0.15, 0.2) is 36.4 Å². The van der Waals surface area contributed by atoms with Crippen LogP contribution in [0.25, 0.3) is 0 Å². The second-order valence-corrected chi connectivity index (χ2v) is 12.3. The van der Waals surface area contributed by atoms with Crippen LogP contribution in [-0.2, 0) is 20.9 Å². The van der Waals surface area contributed by atoms with Crippen LogP contribution >= 0.6 is 0 Å². The predicted octanol–water partition coefficient (Wildman–Crippen LogP) is 3.24. The highest BCUT2D eigenvalue weighted by Gasteiger charge is 2.35. The predicted molar refractivity (Wildman–Crippen MR) is 167 cm³/mol. The first kappa shape index (κ1) is 31.7. The largest absolute Gasteiger partial charge is 0.506 e. The summed E-state index contributed by atoms with van der Waals surface area (Å²) in [5, 5.41) is 29.4. The van der Waals surface area contributed by atoms with Crippen LogP contribution in [0.5, 0.6) is 11.5 Å². The van der Waals surface area contributed by atoms with Crippen molar-refractivity contribution in [1.82, 2.24) is 15.1 Å². The van der Waals surface area contributed by atoms with Crippen LogP contribution in [0.4, 0.5) is 11.4 Å². The van der Waals surface area contributed by atoms with Gasteiger partial charge in [-0.05, 0) is 67.3 Å². The summed E-state index contributed by atoms with van der Waals surface area (Å²) in [6, 6.07) is 10.5. The zero-order chi connectivity index (χ0) is 31.1. The number of likely N-dealkylation sites (tertiary alicyclic amines) is 1. The third-order valence-electron chi connectivity index (χ3n) is 9.06. The molecule has 3 unspecified atom stereocenters. The van der Waals surface area contributed by atoms with Gasteiger partial charge >= 0.3 is 0 Å². The number of fused-ring (bicyclic) bond motifs is 2. The summed E-state index contributed by atoms with van der Waals surface area (Å²) in [5.41, 5.74) is 2.34. The second kappa shape index (κ2) is 14.9. The van der Waals surface area contributed by atoms with Crippen LogP contribution in [0.1, 0.15) is 62.2 Å². The van der Waals surface area contributed by atoms with E-state index in [1.54, 1.807) is 11.0 Å². The Balaban J connectivity index is 0.950. The van der Waals surface area contributed by atoms with Gasteiger partial charge in [-0.3, -0.25) is 14.4 Å². The van der Waals surface area contributed by atoms with E-state index in [-0.39, 0.29) is 48.1 Å². The number of hydrogen-bond donors (Lipinski definition) is 5. The summed E-state index contributed by atoms with van der Waals surface area (Å²) in [5.74, 6) is 1.62. The summed E-state index contributed by atoms with van der Waals surface area (Å²) < 4.78 is 5.45. The van der Waals surface area contributed by atoms with E-state index < -0.39 is 6.10 Å². The van der Waals surface area contributed by atoms with Gasteiger partial charge in [0.1, 0.15) is 11.4 Å². The number of aliphatic hydroxyl groups is 1. The van der Waals surface area contributed by atoms with Crippen molar-refractivity contribution >= 4 is 29.1 Å². The van der Waals surface area contributed by atoms with Gasteiger partial charge in [0.15, 0.2) is 12.4 Å². The highest BCUT2D eigenvalue weighted by molar-refractivity contribution is 5.97. The molecule has 0 bridgehead atoms. The molecule has 1 saturated carbocycles. The molecule has 2 aliphatic heterocycles. The lowest BCUT2D eigenvalue weighted by Crippen LogP contribution is -2.32. The van der Waals surface area contributed by atoms with Crippen molar-refractivity contribution < 1.29 is 29.3 Å². The van der Waals surface area contributed by atoms with Crippen molar-refractivity contribution in [1.29, 1.82) is 0 Å². The molecule has 3 atom stereocenters. The van der Waals surface area contributed by atoms with Crippen molar-refractivity contribution in [3.63, 3.8) is 0 Å². The normalized spacial score (nSPS) is 19.9. The maximum absolute atomic E-state index is 12.6. The van der Waals surface area contributed by atoms with Gasteiger partial charge in [-0.15, -0.1) is 0 Å². The van der Waals surface area contributed by atoms with Crippen molar-refractivity contribution in [3.05, 3.63) is 47.5 Å². The molecule has 11 heteroatoms. The Kier molecular flexibility index (Phi) is 10.7. The summed E-state index contributed by atoms with van der Waals surface area (Å²) in [4.78, 5) is 40.8. The van der Waals surface area contributed by atoms with E-state index in [1.807, 2.05) is 31.3 Å². The van der Waals surface area contributed by atoms with E-state index in [2.05, 4.69) is 20.9 Å². The number of carbonyl (C=O) groups is 3. The number of aliphatic hydroxyl groups excluding tert-OH is 1. The van der Waals surface area contributed by atoms with Crippen LogP contribution < -0.4 is 20.7 Å². The van der Waals surface area contributed by atoms with Gasteiger partial charge < -0.3 is 40.7 Å². The van der Waals surface area contributed by atoms with E-state index in [0.29, 0.717) is 43.6 Å². The first-order valence-corrected chi connectivity index (χ1v) is 15.8. The van der Waals surface area contributed by atoms with Gasteiger partial charge in [0, 0.05) is 70.4 Å². The molecule has 2 fully saturated rings. The summed E-state index contributed by atoms with van der Waals surface area (Å²) in [6.45, 7) is 4.38. The Morgan fingerprint density at radius 2 is 1.84 bits per heavy atom. The molecule has 5 rings (SSSR count). The monoisotopic (exact) mass is 607 g/mol. The zero-order valence-corrected chi connectivity index (χ0v) is 25.5. The SMILES string of the molecule is CN(CCCCC(=O)Nc1ccc(CNCC(O)c2ccc(O)c3c2OCC(=O)N3)cc1)C(=O)CCN1CC2CCCC2C1. The number of rotatable bonds is 14. The van der Waals surface area contributed by atoms with Gasteiger partial charge in [-0.25, -0.2) is 0 Å². The second-order valence-electron chi connectivity index (χ2n) is 12.3.